The first-order valence-electron chi connectivity index (χ1n) is 8.20. The normalized spacial score (nSPS) is 11.5. The molecule has 1 amide bonds. The topological polar surface area (TPSA) is 124 Å². The molecular formula is C18H20N4O4S. The molecule has 1 atom stereocenters. The first-order chi connectivity index (χ1) is 12.8. The van der Waals surface area contributed by atoms with E-state index in [1.807, 2.05) is 0 Å². The van der Waals surface area contributed by atoms with Crippen molar-refractivity contribution in [1.29, 1.82) is 0 Å². The number of thioether (sulfide) groups is 1. The zero-order chi connectivity index (χ0) is 20.0. The van der Waals surface area contributed by atoms with E-state index in [0.717, 1.165) is 11.8 Å². The van der Waals surface area contributed by atoms with E-state index in [-0.39, 0.29) is 34.8 Å². The molecule has 0 aliphatic heterocycles. The summed E-state index contributed by atoms with van der Waals surface area (Å²) in [6.07, 6.45) is 1.28. The molecule has 0 aliphatic carbocycles. The van der Waals surface area contributed by atoms with E-state index in [4.69, 9.17) is 10.5 Å². The van der Waals surface area contributed by atoms with Crippen LogP contribution in [0.15, 0.2) is 35.6 Å². The fourth-order valence-electron chi connectivity index (χ4n) is 2.07. The van der Waals surface area contributed by atoms with E-state index in [2.05, 4.69) is 15.3 Å². The molecular weight excluding hydrogens is 368 g/mol. The first kappa shape index (κ1) is 20.4. The van der Waals surface area contributed by atoms with Crippen molar-refractivity contribution >= 4 is 40.9 Å². The van der Waals surface area contributed by atoms with Crippen LogP contribution in [0.25, 0.3) is 0 Å². The zero-order valence-corrected chi connectivity index (χ0v) is 16.0. The van der Waals surface area contributed by atoms with Gasteiger partial charge >= 0.3 is 5.97 Å². The number of ether oxygens (including phenoxy) is 1. The Hall–Kier alpha value is -2.94. The highest BCUT2D eigenvalue weighted by Gasteiger charge is 2.19. The molecule has 3 N–H and O–H groups in total. The van der Waals surface area contributed by atoms with Gasteiger partial charge in [0.15, 0.2) is 10.9 Å². The minimum atomic E-state index is -0.595. The number of anilines is 2. The molecule has 1 unspecified atom stereocenters. The second kappa shape index (κ2) is 9.13. The number of rotatable bonds is 7. The second-order valence-electron chi connectivity index (χ2n) is 5.56. The third-order valence-corrected chi connectivity index (χ3v) is 4.45. The van der Waals surface area contributed by atoms with Crippen LogP contribution in [0.5, 0.6) is 0 Å². The third kappa shape index (κ3) is 5.52. The van der Waals surface area contributed by atoms with Gasteiger partial charge in [-0.25, -0.2) is 14.8 Å². The number of nitrogens with zero attached hydrogens (tertiary/aromatic N) is 2. The Morgan fingerprint density at radius 1 is 1.33 bits per heavy atom. The number of hydrogen-bond acceptors (Lipinski definition) is 8. The lowest BCUT2D eigenvalue weighted by molar-refractivity contribution is -0.115. The van der Waals surface area contributed by atoms with Gasteiger partial charge in [-0.1, -0.05) is 23.9 Å². The van der Waals surface area contributed by atoms with Crippen molar-refractivity contribution in [2.75, 3.05) is 17.7 Å². The number of hydrogen-bond donors (Lipinski definition) is 2. The fourth-order valence-corrected chi connectivity index (χ4v) is 2.82. The first-order valence-corrected chi connectivity index (χ1v) is 9.08. The molecule has 2 aromatic rings. The lowest BCUT2D eigenvalue weighted by atomic mass is 10.1. The Morgan fingerprint density at radius 3 is 2.70 bits per heavy atom. The summed E-state index contributed by atoms with van der Waals surface area (Å²) in [5.74, 6) is -0.966. The number of nitrogens with two attached hydrogens (primary N) is 1. The van der Waals surface area contributed by atoms with Crippen molar-refractivity contribution in [3.05, 3.63) is 41.6 Å². The highest BCUT2D eigenvalue weighted by atomic mass is 32.2. The number of Topliss-reactive ketones (excluding diaryl/α,β-unsaturated/α-hetero) is 1. The van der Waals surface area contributed by atoms with Gasteiger partial charge in [0.1, 0.15) is 11.4 Å². The van der Waals surface area contributed by atoms with Crippen LogP contribution in [0.4, 0.5) is 11.5 Å². The number of benzene rings is 1. The summed E-state index contributed by atoms with van der Waals surface area (Å²) in [5, 5.41) is 2.48. The number of nitrogen functional groups attached to an aromatic ring is 1. The number of amides is 1. The van der Waals surface area contributed by atoms with E-state index in [9.17, 15) is 14.4 Å². The SMILES string of the molecule is CCOC(=O)c1cnc(SC(C)C(=O)Nc2cccc(C(C)=O)c2)nc1N. The molecule has 0 radical (unpaired) electrons. The smallest absolute Gasteiger partial charge is 0.343 e. The number of carbonyl (C=O) groups excluding carboxylic acids is 3. The molecule has 1 aromatic carbocycles. The van der Waals surface area contributed by atoms with Crippen molar-refractivity contribution in [2.45, 2.75) is 31.2 Å². The lowest BCUT2D eigenvalue weighted by Crippen LogP contribution is -2.23. The van der Waals surface area contributed by atoms with Crippen LogP contribution < -0.4 is 11.1 Å². The molecule has 1 aromatic heterocycles. The average molecular weight is 388 g/mol. The highest BCUT2D eigenvalue weighted by Crippen LogP contribution is 2.23. The fraction of sp³-hybridized carbons (Fsp3) is 0.278. The number of nitrogens with one attached hydrogen (secondary N) is 1. The minimum absolute atomic E-state index is 0.00674. The average Bonchev–Trinajstić information content (AvgIpc) is 2.62. The summed E-state index contributed by atoms with van der Waals surface area (Å²) in [6.45, 7) is 5.05. The van der Waals surface area contributed by atoms with Gasteiger partial charge in [0.05, 0.1) is 11.9 Å². The molecule has 9 heteroatoms. The molecule has 0 aliphatic rings. The van der Waals surface area contributed by atoms with Crippen molar-refractivity contribution in [3.63, 3.8) is 0 Å². The van der Waals surface area contributed by atoms with E-state index in [0.29, 0.717) is 11.3 Å². The van der Waals surface area contributed by atoms with Crippen LogP contribution in [-0.4, -0.2) is 39.5 Å². The van der Waals surface area contributed by atoms with Crippen molar-refractivity contribution in [2.24, 2.45) is 0 Å². The predicted octanol–water partition coefficient (Wildman–Crippen LogP) is 2.56. The van der Waals surface area contributed by atoms with Crippen LogP contribution in [-0.2, 0) is 9.53 Å². The van der Waals surface area contributed by atoms with Crippen molar-refractivity contribution in [1.82, 2.24) is 9.97 Å². The Bertz CT molecular complexity index is 872. The maximum Gasteiger partial charge on any atom is 0.343 e. The number of esters is 1. The molecule has 142 valence electrons. The molecule has 8 nitrogen and oxygen atoms in total. The van der Waals surface area contributed by atoms with Crippen LogP contribution >= 0.6 is 11.8 Å². The predicted molar refractivity (Wildman–Crippen MR) is 103 cm³/mol. The monoisotopic (exact) mass is 388 g/mol. The summed E-state index contributed by atoms with van der Waals surface area (Å²) < 4.78 is 4.87. The third-order valence-electron chi connectivity index (χ3n) is 3.48. The van der Waals surface area contributed by atoms with Crippen molar-refractivity contribution < 1.29 is 19.1 Å². The second-order valence-corrected chi connectivity index (χ2v) is 6.87. The van der Waals surface area contributed by atoms with Crippen molar-refractivity contribution in [3.8, 4) is 0 Å². The standard InChI is InChI=1S/C18H20N4O4S/c1-4-26-17(25)14-9-20-18(22-15(14)19)27-11(3)16(24)21-13-7-5-6-12(8-13)10(2)23/h5-9,11H,4H2,1-3H3,(H,21,24)(H2,19,20,22). The van der Waals surface area contributed by atoms with Gasteiger partial charge in [-0.3, -0.25) is 9.59 Å². The van der Waals surface area contributed by atoms with E-state index < -0.39 is 11.2 Å². The molecule has 1 heterocycles. The Labute approximate surface area is 160 Å². The van der Waals surface area contributed by atoms with Gasteiger partial charge in [0, 0.05) is 17.4 Å². The van der Waals surface area contributed by atoms with Gasteiger partial charge in [0.25, 0.3) is 0 Å². The summed E-state index contributed by atoms with van der Waals surface area (Å²) in [4.78, 5) is 43.6. The van der Waals surface area contributed by atoms with Gasteiger partial charge in [-0.15, -0.1) is 0 Å². The van der Waals surface area contributed by atoms with Gasteiger partial charge < -0.3 is 15.8 Å². The zero-order valence-electron chi connectivity index (χ0n) is 15.2. The van der Waals surface area contributed by atoms with Crippen LogP contribution in [0.2, 0.25) is 0 Å². The molecule has 0 saturated heterocycles. The lowest BCUT2D eigenvalue weighted by Gasteiger charge is -2.12. The van der Waals surface area contributed by atoms with E-state index in [1.54, 1.807) is 38.1 Å². The van der Waals surface area contributed by atoms with E-state index >= 15 is 0 Å². The molecule has 0 spiro atoms. The largest absolute Gasteiger partial charge is 0.462 e. The molecule has 0 fully saturated rings. The summed E-state index contributed by atoms with van der Waals surface area (Å²) in [7, 11) is 0. The van der Waals surface area contributed by atoms with Gasteiger partial charge in [-0.05, 0) is 32.9 Å². The summed E-state index contributed by atoms with van der Waals surface area (Å²) in [6, 6.07) is 6.69. The van der Waals surface area contributed by atoms with Gasteiger partial charge in [-0.2, -0.15) is 0 Å². The molecule has 0 saturated carbocycles. The van der Waals surface area contributed by atoms with Crippen LogP contribution in [0, 0.1) is 0 Å². The van der Waals surface area contributed by atoms with E-state index in [1.165, 1.54) is 13.1 Å². The molecule has 2 rings (SSSR count). The number of ketones is 1. The van der Waals surface area contributed by atoms with Crippen LogP contribution in [0.1, 0.15) is 41.5 Å². The Balaban J connectivity index is 2.04. The Kier molecular flexibility index (Phi) is 6.89. The molecule has 27 heavy (non-hydrogen) atoms. The maximum absolute atomic E-state index is 12.4. The van der Waals surface area contributed by atoms with Crippen LogP contribution in [0.3, 0.4) is 0 Å². The number of carbonyl (C=O) groups is 3. The number of aromatic nitrogens is 2. The maximum atomic E-state index is 12.4. The highest BCUT2D eigenvalue weighted by molar-refractivity contribution is 8.00. The minimum Gasteiger partial charge on any atom is -0.462 e. The quantitative estimate of drug-likeness (QED) is 0.321. The molecule has 0 bridgehead atoms. The summed E-state index contributed by atoms with van der Waals surface area (Å²) in [5.41, 5.74) is 6.90. The summed E-state index contributed by atoms with van der Waals surface area (Å²) >= 11 is 1.10. The van der Waals surface area contributed by atoms with Gasteiger partial charge in [0.2, 0.25) is 5.91 Å². The Morgan fingerprint density at radius 2 is 2.07 bits per heavy atom.